The zero-order valence-corrected chi connectivity index (χ0v) is 16.3. The Labute approximate surface area is 161 Å². The SMILES string of the molecule is Cn1c(SCC(=O)c2ccc(NS(C)(=O)=O)cc2)nnc1-c1ccncc1. The van der Waals surface area contributed by atoms with Crippen LogP contribution >= 0.6 is 11.8 Å². The third kappa shape index (κ3) is 4.92. The number of nitrogens with zero attached hydrogens (tertiary/aromatic N) is 4. The summed E-state index contributed by atoms with van der Waals surface area (Å²) in [6.45, 7) is 0. The second-order valence-corrected chi connectivity index (χ2v) is 8.46. The Hall–Kier alpha value is -2.72. The van der Waals surface area contributed by atoms with Gasteiger partial charge in [0.2, 0.25) is 10.0 Å². The Morgan fingerprint density at radius 1 is 1.11 bits per heavy atom. The molecule has 0 saturated carbocycles. The van der Waals surface area contributed by atoms with Crippen LogP contribution in [0.3, 0.4) is 0 Å². The number of pyridine rings is 1. The monoisotopic (exact) mass is 403 g/mol. The van der Waals surface area contributed by atoms with Crippen molar-refractivity contribution in [2.75, 3.05) is 16.7 Å². The molecule has 0 aliphatic rings. The van der Waals surface area contributed by atoms with Crippen LogP contribution in [0.25, 0.3) is 11.4 Å². The van der Waals surface area contributed by atoms with E-state index in [1.807, 2.05) is 23.7 Å². The molecule has 0 spiro atoms. The summed E-state index contributed by atoms with van der Waals surface area (Å²) in [6.07, 6.45) is 4.44. The molecule has 0 saturated heterocycles. The number of sulfonamides is 1. The van der Waals surface area contributed by atoms with Crippen molar-refractivity contribution in [3.8, 4) is 11.4 Å². The number of carbonyl (C=O) groups excluding carboxylic acids is 1. The minimum atomic E-state index is -3.34. The van der Waals surface area contributed by atoms with Crippen LogP contribution in [0.15, 0.2) is 53.9 Å². The van der Waals surface area contributed by atoms with Crippen LogP contribution in [-0.4, -0.2) is 46.0 Å². The molecule has 0 amide bonds. The van der Waals surface area contributed by atoms with E-state index < -0.39 is 10.0 Å². The molecule has 3 aromatic rings. The molecule has 2 heterocycles. The third-order valence-electron chi connectivity index (χ3n) is 3.62. The first-order chi connectivity index (χ1) is 12.8. The van der Waals surface area contributed by atoms with Crippen LogP contribution in [-0.2, 0) is 17.1 Å². The summed E-state index contributed by atoms with van der Waals surface area (Å²) in [5.74, 6) is 0.809. The first-order valence-corrected chi connectivity index (χ1v) is 10.7. The Bertz CT molecular complexity index is 1050. The number of thioether (sulfide) groups is 1. The number of hydrogen-bond donors (Lipinski definition) is 1. The molecule has 0 fully saturated rings. The molecular weight excluding hydrogens is 386 g/mol. The Balaban J connectivity index is 1.65. The topological polar surface area (TPSA) is 107 Å². The Kier molecular flexibility index (Phi) is 5.57. The van der Waals surface area contributed by atoms with Gasteiger partial charge in [-0.25, -0.2) is 8.42 Å². The van der Waals surface area contributed by atoms with Gasteiger partial charge in [0.1, 0.15) is 0 Å². The van der Waals surface area contributed by atoms with E-state index in [2.05, 4.69) is 19.9 Å². The lowest BCUT2D eigenvalue weighted by Crippen LogP contribution is -2.10. The van der Waals surface area contributed by atoms with Gasteiger partial charge >= 0.3 is 0 Å². The number of anilines is 1. The van der Waals surface area contributed by atoms with E-state index >= 15 is 0 Å². The van der Waals surface area contributed by atoms with Gasteiger partial charge in [0.25, 0.3) is 0 Å². The lowest BCUT2D eigenvalue weighted by molar-refractivity contribution is 0.102. The van der Waals surface area contributed by atoms with E-state index in [4.69, 9.17) is 0 Å². The lowest BCUT2D eigenvalue weighted by atomic mass is 10.1. The molecule has 10 heteroatoms. The quantitative estimate of drug-likeness (QED) is 0.476. The fraction of sp³-hybridized carbons (Fsp3) is 0.176. The van der Waals surface area contributed by atoms with Crippen LogP contribution in [0.2, 0.25) is 0 Å². The number of ketones is 1. The van der Waals surface area contributed by atoms with Crippen molar-refractivity contribution in [1.29, 1.82) is 0 Å². The number of benzene rings is 1. The molecule has 1 N–H and O–H groups in total. The zero-order chi connectivity index (χ0) is 19.4. The van der Waals surface area contributed by atoms with Crippen LogP contribution in [0.1, 0.15) is 10.4 Å². The van der Waals surface area contributed by atoms with Gasteiger partial charge in [0.05, 0.1) is 12.0 Å². The van der Waals surface area contributed by atoms with Gasteiger partial charge in [-0.1, -0.05) is 11.8 Å². The maximum Gasteiger partial charge on any atom is 0.229 e. The highest BCUT2D eigenvalue weighted by Crippen LogP contribution is 2.23. The number of rotatable bonds is 7. The Morgan fingerprint density at radius 3 is 2.41 bits per heavy atom. The molecule has 2 aromatic heterocycles. The first kappa shape index (κ1) is 19.1. The van der Waals surface area contributed by atoms with Gasteiger partial charge in [-0.05, 0) is 36.4 Å². The van der Waals surface area contributed by atoms with Crippen molar-refractivity contribution in [2.45, 2.75) is 5.16 Å². The van der Waals surface area contributed by atoms with Crippen molar-refractivity contribution >= 4 is 33.3 Å². The first-order valence-electron chi connectivity index (χ1n) is 7.87. The molecule has 27 heavy (non-hydrogen) atoms. The number of aromatic nitrogens is 4. The van der Waals surface area contributed by atoms with Crippen molar-refractivity contribution in [1.82, 2.24) is 19.7 Å². The van der Waals surface area contributed by atoms with Gasteiger partial charge in [-0.3, -0.25) is 14.5 Å². The maximum atomic E-state index is 12.4. The molecule has 0 radical (unpaired) electrons. The summed E-state index contributed by atoms with van der Waals surface area (Å²) in [7, 11) is -1.50. The Morgan fingerprint density at radius 2 is 1.78 bits per heavy atom. The normalized spacial score (nSPS) is 11.3. The second-order valence-electron chi connectivity index (χ2n) is 5.76. The van der Waals surface area contributed by atoms with Crippen LogP contribution in [0.5, 0.6) is 0 Å². The van der Waals surface area contributed by atoms with Crippen LogP contribution in [0.4, 0.5) is 5.69 Å². The molecule has 0 aliphatic carbocycles. The van der Waals surface area contributed by atoms with Crippen molar-refractivity contribution < 1.29 is 13.2 Å². The minimum absolute atomic E-state index is 0.0839. The van der Waals surface area contributed by atoms with Crippen LogP contribution in [0, 0.1) is 0 Å². The summed E-state index contributed by atoms with van der Waals surface area (Å²) in [6, 6.07) is 9.99. The second kappa shape index (κ2) is 7.89. The van der Waals surface area contributed by atoms with Gasteiger partial charge in [0, 0.05) is 36.3 Å². The van der Waals surface area contributed by atoms with E-state index in [0.717, 1.165) is 11.8 Å². The minimum Gasteiger partial charge on any atom is -0.305 e. The number of nitrogens with one attached hydrogen (secondary N) is 1. The predicted octanol–water partition coefficient (Wildman–Crippen LogP) is 2.22. The molecule has 1 aromatic carbocycles. The van der Waals surface area contributed by atoms with Gasteiger partial charge in [-0.2, -0.15) is 0 Å². The fourth-order valence-electron chi connectivity index (χ4n) is 2.34. The standard InChI is InChI=1S/C17H17N5O3S2/c1-22-16(13-7-9-18-10-8-13)19-20-17(22)26-11-15(23)12-3-5-14(6-4-12)21-27(2,24)25/h3-10,21H,11H2,1-2H3. The number of hydrogen-bond acceptors (Lipinski definition) is 7. The molecule has 8 nitrogen and oxygen atoms in total. The van der Waals surface area contributed by atoms with Gasteiger partial charge < -0.3 is 4.57 Å². The van der Waals surface area contributed by atoms with Gasteiger partial charge in [-0.15, -0.1) is 10.2 Å². The van der Waals surface area contributed by atoms with E-state index in [9.17, 15) is 13.2 Å². The number of carbonyl (C=O) groups is 1. The summed E-state index contributed by atoms with van der Waals surface area (Å²) in [4.78, 5) is 16.4. The highest BCUT2D eigenvalue weighted by atomic mass is 32.2. The molecule has 0 bridgehead atoms. The molecular formula is C17H17N5O3S2. The summed E-state index contributed by atoms with van der Waals surface area (Å²) >= 11 is 1.29. The average molecular weight is 403 g/mol. The summed E-state index contributed by atoms with van der Waals surface area (Å²) in [5, 5.41) is 8.94. The third-order valence-corrected chi connectivity index (χ3v) is 5.24. The smallest absolute Gasteiger partial charge is 0.229 e. The number of Topliss-reactive ketones (excluding diaryl/α,β-unsaturated/α-hetero) is 1. The van der Waals surface area contributed by atoms with Crippen molar-refractivity contribution in [2.24, 2.45) is 7.05 Å². The summed E-state index contributed by atoms with van der Waals surface area (Å²) < 4.78 is 26.6. The van der Waals surface area contributed by atoms with Gasteiger partial charge in [0.15, 0.2) is 16.8 Å². The van der Waals surface area contributed by atoms with E-state index in [1.54, 1.807) is 36.7 Å². The molecule has 0 aliphatic heterocycles. The maximum absolute atomic E-state index is 12.4. The highest BCUT2D eigenvalue weighted by molar-refractivity contribution is 7.99. The molecule has 140 valence electrons. The van der Waals surface area contributed by atoms with E-state index in [0.29, 0.717) is 22.2 Å². The van der Waals surface area contributed by atoms with Crippen molar-refractivity contribution in [3.05, 3.63) is 54.4 Å². The molecule has 3 rings (SSSR count). The van der Waals surface area contributed by atoms with Crippen LogP contribution < -0.4 is 4.72 Å². The predicted molar refractivity (Wildman–Crippen MR) is 104 cm³/mol. The summed E-state index contributed by atoms with van der Waals surface area (Å²) in [5.41, 5.74) is 1.81. The molecule has 0 atom stereocenters. The van der Waals surface area contributed by atoms with E-state index in [-0.39, 0.29) is 11.5 Å². The van der Waals surface area contributed by atoms with E-state index in [1.165, 1.54) is 11.8 Å². The largest absolute Gasteiger partial charge is 0.305 e. The van der Waals surface area contributed by atoms with Crippen molar-refractivity contribution in [3.63, 3.8) is 0 Å². The zero-order valence-electron chi connectivity index (χ0n) is 14.7. The average Bonchev–Trinajstić information content (AvgIpc) is 3.00. The highest BCUT2D eigenvalue weighted by Gasteiger charge is 2.14. The fourth-order valence-corrected chi connectivity index (χ4v) is 3.71. The molecule has 0 unspecified atom stereocenters. The lowest BCUT2D eigenvalue weighted by Gasteiger charge is -2.06.